The third kappa shape index (κ3) is 0.748. The molecule has 0 heterocycles. The molecule has 1 nitrogen and oxygen atoms in total. The molecule has 0 aromatic carbocycles. The molecule has 0 spiro atoms. The van der Waals surface area contributed by atoms with Crippen LogP contribution in [-0.2, 0) is 0 Å². The van der Waals surface area contributed by atoms with Crippen LogP contribution in [0.1, 0.15) is 25.7 Å². The molecule has 2 heteroatoms. The molecule has 1 N–H and O–H groups in total. The second-order valence-electron chi connectivity index (χ2n) is 4.75. The Morgan fingerprint density at radius 2 is 1.83 bits per heavy atom. The zero-order chi connectivity index (χ0) is 8.29. The molecule has 3 rings (SSSR count). The first kappa shape index (κ1) is 7.64. The highest BCUT2D eigenvalue weighted by molar-refractivity contribution is 6.21. The molecule has 2 bridgehead atoms. The van der Waals surface area contributed by atoms with Gasteiger partial charge in [-0.2, -0.15) is 0 Å². The van der Waals surface area contributed by atoms with Gasteiger partial charge in [-0.05, 0) is 37.0 Å². The lowest BCUT2D eigenvalue weighted by Gasteiger charge is -2.27. The minimum atomic E-state index is -0.0724. The first-order valence-electron chi connectivity index (χ1n) is 5.11. The van der Waals surface area contributed by atoms with E-state index in [1.54, 1.807) is 0 Å². The first-order valence-corrected chi connectivity index (χ1v) is 5.55. The van der Waals surface area contributed by atoms with Gasteiger partial charge in [-0.1, -0.05) is 6.42 Å². The highest BCUT2D eigenvalue weighted by Gasteiger charge is 2.58. The summed E-state index contributed by atoms with van der Waals surface area (Å²) in [4.78, 5) is 0. The quantitative estimate of drug-likeness (QED) is 0.574. The van der Waals surface area contributed by atoms with Gasteiger partial charge in [0.1, 0.15) is 0 Å². The molecule has 0 aliphatic heterocycles. The molecule has 3 fully saturated rings. The van der Waals surface area contributed by atoms with E-state index in [9.17, 15) is 5.11 Å². The number of alkyl halides is 1. The number of rotatable bonds is 0. The second-order valence-corrected chi connectivity index (χ2v) is 5.25. The van der Waals surface area contributed by atoms with E-state index in [-0.39, 0.29) is 6.10 Å². The topological polar surface area (TPSA) is 20.2 Å². The number of hydrogen-bond acceptors (Lipinski definition) is 1. The van der Waals surface area contributed by atoms with Crippen LogP contribution in [0.25, 0.3) is 0 Å². The van der Waals surface area contributed by atoms with Crippen LogP contribution in [0.5, 0.6) is 0 Å². The molecular weight excluding hydrogens is 172 g/mol. The zero-order valence-electron chi connectivity index (χ0n) is 7.12. The fourth-order valence-electron chi connectivity index (χ4n) is 4.02. The van der Waals surface area contributed by atoms with Gasteiger partial charge in [-0.3, -0.25) is 0 Å². The minimum Gasteiger partial charge on any atom is -0.393 e. The molecule has 0 aromatic heterocycles. The molecular formula is C10H15ClO. The van der Waals surface area contributed by atoms with Crippen LogP contribution >= 0.6 is 11.6 Å². The summed E-state index contributed by atoms with van der Waals surface area (Å²) < 4.78 is 0. The molecule has 0 radical (unpaired) electrons. The summed E-state index contributed by atoms with van der Waals surface area (Å²) in [5.74, 6) is 2.76. The maximum atomic E-state index is 9.75. The SMILES string of the molecule is O[C@H]1C[C@H]2[C@H](Cl)[C@@H]1[C@H]1CCC[C@@H]21. The maximum absolute atomic E-state index is 9.75. The van der Waals surface area contributed by atoms with Gasteiger partial charge in [0.2, 0.25) is 0 Å². The van der Waals surface area contributed by atoms with E-state index in [4.69, 9.17) is 11.6 Å². The summed E-state index contributed by atoms with van der Waals surface area (Å²) >= 11 is 6.31. The first-order chi connectivity index (χ1) is 5.79. The van der Waals surface area contributed by atoms with Crippen LogP contribution in [0, 0.1) is 23.7 Å². The standard InChI is InChI=1S/C10H15ClO/c11-10-7-4-8(12)9(10)6-3-1-2-5(6)7/h5-10,12H,1-4H2/t5-,6+,7-,8+,9-,10+/m1/s1. The molecule has 3 aliphatic rings. The fourth-order valence-corrected chi connectivity index (χ4v) is 4.67. The molecule has 6 atom stereocenters. The van der Waals surface area contributed by atoms with E-state index < -0.39 is 0 Å². The zero-order valence-corrected chi connectivity index (χ0v) is 7.87. The van der Waals surface area contributed by atoms with Crippen LogP contribution < -0.4 is 0 Å². The molecule has 3 aliphatic carbocycles. The summed E-state index contributed by atoms with van der Waals surface area (Å²) in [6, 6.07) is 0. The van der Waals surface area contributed by atoms with Gasteiger partial charge < -0.3 is 5.11 Å². The Labute approximate surface area is 78.1 Å². The molecule has 0 saturated heterocycles. The third-order valence-corrected chi connectivity index (χ3v) is 5.02. The van der Waals surface area contributed by atoms with Gasteiger partial charge in [-0.15, -0.1) is 11.6 Å². The largest absolute Gasteiger partial charge is 0.393 e. The summed E-state index contributed by atoms with van der Waals surface area (Å²) in [5.41, 5.74) is 0. The minimum absolute atomic E-state index is 0.0724. The maximum Gasteiger partial charge on any atom is 0.0588 e. The van der Waals surface area contributed by atoms with Crippen LogP contribution in [-0.4, -0.2) is 16.6 Å². The molecule has 0 amide bonds. The average Bonchev–Trinajstić information content (AvgIpc) is 2.61. The van der Waals surface area contributed by atoms with Crippen molar-refractivity contribution in [1.29, 1.82) is 0 Å². The van der Waals surface area contributed by atoms with Crippen molar-refractivity contribution in [1.82, 2.24) is 0 Å². The number of hydrogen-bond donors (Lipinski definition) is 1. The van der Waals surface area contributed by atoms with Gasteiger partial charge in [0.25, 0.3) is 0 Å². The molecule has 0 aromatic rings. The average molecular weight is 187 g/mol. The highest BCUT2D eigenvalue weighted by Crippen LogP contribution is 2.60. The molecule has 12 heavy (non-hydrogen) atoms. The van der Waals surface area contributed by atoms with Gasteiger partial charge in [0, 0.05) is 11.3 Å². The van der Waals surface area contributed by atoms with Crippen molar-refractivity contribution in [3.63, 3.8) is 0 Å². The van der Waals surface area contributed by atoms with Gasteiger partial charge in [0.15, 0.2) is 0 Å². The van der Waals surface area contributed by atoms with Crippen LogP contribution in [0.15, 0.2) is 0 Å². The van der Waals surface area contributed by atoms with Crippen molar-refractivity contribution in [2.24, 2.45) is 23.7 Å². The summed E-state index contributed by atoms with van der Waals surface area (Å²) in [6.45, 7) is 0. The van der Waals surface area contributed by atoms with Crippen LogP contribution in [0.2, 0.25) is 0 Å². The lowest BCUT2D eigenvalue weighted by Crippen LogP contribution is -2.28. The van der Waals surface area contributed by atoms with E-state index in [2.05, 4.69) is 0 Å². The van der Waals surface area contributed by atoms with Crippen molar-refractivity contribution in [2.45, 2.75) is 37.2 Å². The van der Waals surface area contributed by atoms with E-state index in [1.807, 2.05) is 0 Å². The number of aliphatic hydroxyl groups excluding tert-OH is 1. The van der Waals surface area contributed by atoms with Crippen molar-refractivity contribution in [3.05, 3.63) is 0 Å². The van der Waals surface area contributed by atoms with Crippen LogP contribution in [0.3, 0.4) is 0 Å². The summed E-state index contributed by atoms with van der Waals surface area (Å²) in [5, 5.41) is 10.1. The Morgan fingerprint density at radius 1 is 1.08 bits per heavy atom. The number of halogens is 1. The summed E-state index contributed by atoms with van der Waals surface area (Å²) in [6.07, 6.45) is 4.99. The fraction of sp³-hybridized carbons (Fsp3) is 1.00. The molecule has 68 valence electrons. The summed E-state index contributed by atoms with van der Waals surface area (Å²) in [7, 11) is 0. The Morgan fingerprint density at radius 3 is 2.67 bits per heavy atom. The number of fused-ring (bicyclic) bond motifs is 5. The Bertz CT molecular complexity index is 204. The van der Waals surface area contributed by atoms with Gasteiger partial charge in [-0.25, -0.2) is 0 Å². The van der Waals surface area contributed by atoms with Crippen molar-refractivity contribution in [2.75, 3.05) is 0 Å². The monoisotopic (exact) mass is 186 g/mol. The number of aliphatic hydroxyl groups is 1. The van der Waals surface area contributed by atoms with E-state index >= 15 is 0 Å². The Balaban J connectivity index is 1.94. The Hall–Kier alpha value is 0.250. The molecule has 3 saturated carbocycles. The van der Waals surface area contributed by atoms with Crippen molar-refractivity contribution in [3.8, 4) is 0 Å². The van der Waals surface area contributed by atoms with Crippen molar-refractivity contribution < 1.29 is 5.11 Å². The predicted molar refractivity (Wildman–Crippen MR) is 48.1 cm³/mol. The van der Waals surface area contributed by atoms with E-state index in [1.165, 1.54) is 19.3 Å². The smallest absolute Gasteiger partial charge is 0.0588 e. The van der Waals surface area contributed by atoms with E-state index in [0.717, 1.165) is 18.3 Å². The predicted octanol–water partition coefficient (Wildman–Crippen LogP) is 2.02. The molecule has 0 unspecified atom stereocenters. The Kier molecular flexibility index (Phi) is 1.52. The second kappa shape index (κ2) is 2.39. The lowest BCUT2D eigenvalue weighted by molar-refractivity contribution is 0.0644. The normalized spacial score (nSPS) is 62.5. The van der Waals surface area contributed by atoms with Gasteiger partial charge in [0.05, 0.1) is 6.10 Å². The van der Waals surface area contributed by atoms with Crippen LogP contribution in [0.4, 0.5) is 0 Å². The van der Waals surface area contributed by atoms with E-state index in [0.29, 0.717) is 17.2 Å². The lowest BCUT2D eigenvalue weighted by atomic mass is 9.80. The van der Waals surface area contributed by atoms with Crippen molar-refractivity contribution >= 4 is 11.6 Å². The third-order valence-electron chi connectivity index (χ3n) is 4.40. The van der Waals surface area contributed by atoms with Gasteiger partial charge >= 0.3 is 0 Å². The highest BCUT2D eigenvalue weighted by atomic mass is 35.5.